The lowest BCUT2D eigenvalue weighted by Crippen LogP contribution is -2.37. The van der Waals surface area contributed by atoms with Crippen LogP contribution in [0, 0.1) is 0 Å². The summed E-state index contributed by atoms with van der Waals surface area (Å²) in [6.07, 6.45) is -0.685. The Labute approximate surface area is 95.2 Å². The van der Waals surface area contributed by atoms with Crippen molar-refractivity contribution in [3.63, 3.8) is 0 Å². The first-order valence-electron chi connectivity index (χ1n) is 5.47. The quantitative estimate of drug-likeness (QED) is 0.470. The molecule has 2 atom stereocenters. The first-order chi connectivity index (χ1) is 7.63. The van der Waals surface area contributed by atoms with Crippen molar-refractivity contribution in [3.8, 4) is 0 Å². The molecule has 0 aliphatic carbocycles. The lowest BCUT2D eigenvalue weighted by Gasteiger charge is -2.14. The van der Waals surface area contributed by atoms with Crippen molar-refractivity contribution in [1.29, 1.82) is 0 Å². The number of ether oxygens (including phenoxy) is 1. The number of amides is 1. The second-order valence-corrected chi connectivity index (χ2v) is 4.03. The number of nitrogens with zero attached hydrogens (tertiary/aromatic N) is 1. The Bertz CT molecular complexity index is 215. The smallest absolute Gasteiger partial charge is 0.234 e. The van der Waals surface area contributed by atoms with Gasteiger partial charge in [-0.15, -0.1) is 0 Å². The minimum Gasteiger partial charge on any atom is -0.389 e. The van der Waals surface area contributed by atoms with Crippen molar-refractivity contribution in [2.75, 3.05) is 39.9 Å². The number of carbonyl (C=O) groups excluding carboxylic acids is 1. The number of aliphatic hydroxyl groups excluding tert-OH is 2. The predicted molar refractivity (Wildman–Crippen MR) is 58.0 cm³/mol. The van der Waals surface area contributed by atoms with Crippen LogP contribution in [-0.4, -0.2) is 73.1 Å². The molecule has 0 aromatic rings. The highest BCUT2D eigenvalue weighted by molar-refractivity contribution is 5.78. The van der Waals surface area contributed by atoms with Crippen LogP contribution in [0.1, 0.15) is 6.42 Å². The first-order valence-corrected chi connectivity index (χ1v) is 5.47. The van der Waals surface area contributed by atoms with Gasteiger partial charge < -0.3 is 20.3 Å². The van der Waals surface area contributed by atoms with Gasteiger partial charge in [0, 0.05) is 33.4 Å². The van der Waals surface area contributed by atoms with Crippen molar-refractivity contribution in [1.82, 2.24) is 10.2 Å². The third-order valence-electron chi connectivity index (χ3n) is 2.55. The molecule has 1 fully saturated rings. The van der Waals surface area contributed by atoms with E-state index in [9.17, 15) is 15.0 Å². The summed E-state index contributed by atoms with van der Waals surface area (Å²) in [7, 11) is 1.62. The highest BCUT2D eigenvalue weighted by atomic mass is 16.5. The van der Waals surface area contributed by atoms with E-state index in [0.29, 0.717) is 26.2 Å². The molecular weight excluding hydrogens is 212 g/mol. The Kier molecular flexibility index (Phi) is 5.68. The fourth-order valence-electron chi connectivity index (χ4n) is 1.68. The molecule has 1 saturated heterocycles. The molecule has 3 N–H and O–H groups in total. The average Bonchev–Trinajstić information content (AvgIpc) is 2.53. The summed E-state index contributed by atoms with van der Waals surface area (Å²) >= 11 is 0. The minimum atomic E-state index is -0.735. The third kappa shape index (κ3) is 4.44. The zero-order valence-electron chi connectivity index (χ0n) is 9.56. The summed E-state index contributed by atoms with van der Waals surface area (Å²) in [5.41, 5.74) is 0. The molecule has 0 aromatic carbocycles. The normalized spacial score (nSPS) is 25.9. The topological polar surface area (TPSA) is 82.0 Å². The van der Waals surface area contributed by atoms with E-state index in [1.165, 1.54) is 0 Å². The Morgan fingerprint density at radius 3 is 2.62 bits per heavy atom. The Morgan fingerprint density at radius 2 is 2.06 bits per heavy atom. The highest BCUT2D eigenvalue weighted by Crippen LogP contribution is 2.08. The van der Waals surface area contributed by atoms with Crippen LogP contribution >= 0.6 is 0 Å². The zero-order chi connectivity index (χ0) is 12.0. The van der Waals surface area contributed by atoms with Crippen molar-refractivity contribution < 1.29 is 19.7 Å². The Balaban J connectivity index is 2.10. The summed E-state index contributed by atoms with van der Waals surface area (Å²) in [6.45, 7) is 2.15. The lowest BCUT2D eigenvalue weighted by molar-refractivity contribution is -0.122. The number of hydrogen-bond donors (Lipinski definition) is 3. The van der Waals surface area contributed by atoms with E-state index >= 15 is 0 Å². The predicted octanol–water partition coefficient (Wildman–Crippen LogP) is -1.82. The molecular formula is C10H20N2O4. The van der Waals surface area contributed by atoms with Crippen molar-refractivity contribution >= 4 is 5.91 Å². The Hall–Kier alpha value is -0.690. The van der Waals surface area contributed by atoms with Crippen LogP contribution in [0.15, 0.2) is 0 Å². The van der Waals surface area contributed by atoms with Gasteiger partial charge in [-0.2, -0.15) is 0 Å². The monoisotopic (exact) mass is 232 g/mol. The number of carbonyl (C=O) groups is 1. The van der Waals surface area contributed by atoms with Gasteiger partial charge in [-0.05, 0) is 6.42 Å². The molecule has 1 aliphatic heterocycles. The molecule has 0 spiro atoms. The molecule has 1 aliphatic rings. The molecule has 6 heteroatoms. The van der Waals surface area contributed by atoms with E-state index in [4.69, 9.17) is 4.74 Å². The van der Waals surface area contributed by atoms with E-state index in [0.717, 1.165) is 6.42 Å². The summed E-state index contributed by atoms with van der Waals surface area (Å²) < 4.78 is 4.86. The maximum absolute atomic E-state index is 11.4. The van der Waals surface area contributed by atoms with Crippen LogP contribution in [-0.2, 0) is 9.53 Å². The fourth-order valence-corrected chi connectivity index (χ4v) is 1.68. The van der Waals surface area contributed by atoms with Crippen LogP contribution in [0.2, 0.25) is 0 Å². The molecule has 1 heterocycles. The number of likely N-dealkylation sites (tertiary alicyclic amines) is 1. The first kappa shape index (κ1) is 13.4. The van der Waals surface area contributed by atoms with Gasteiger partial charge in [0.15, 0.2) is 0 Å². The molecule has 1 rings (SSSR count). The van der Waals surface area contributed by atoms with Gasteiger partial charge in [-0.25, -0.2) is 0 Å². The maximum Gasteiger partial charge on any atom is 0.234 e. The molecule has 0 radical (unpaired) electrons. The molecule has 6 nitrogen and oxygen atoms in total. The number of methoxy groups -OCH3 is 1. The number of nitrogens with one attached hydrogen (secondary N) is 1. The molecule has 94 valence electrons. The van der Waals surface area contributed by atoms with E-state index in [-0.39, 0.29) is 12.5 Å². The van der Waals surface area contributed by atoms with Gasteiger partial charge in [0.2, 0.25) is 5.91 Å². The Morgan fingerprint density at radius 1 is 1.44 bits per heavy atom. The van der Waals surface area contributed by atoms with Crippen LogP contribution in [0.5, 0.6) is 0 Å². The number of aliphatic hydroxyl groups is 2. The number of β-amino-alcohol motifs (C(OH)–C–C–N with tert-alkyl or cyclic N) is 2. The molecule has 0 saturated carbocycles. The van der Waals surface area contributed by atoms with Gasteiger partial charge in [-0.1, -0.05) is 0 Å². The van der Waals surface area contributed by atoms with Crippen LogP contribution in [0.4, 0.5) is 0 Å². The minimum absolute atomic E-state index is 0.0857. The van der Waals surface area contributed by atoms with Crippen molar-refractivity contribution in [3.05, 3.63) is 0 Å². The molecule has 0 aromatic heterocycles. The molecule has 16 heavy (non-hydrogen) atoms. The summed E-state index contributed by atoms with van der Waals surface area (Å²) in [4.78, 5) is 13.2. The summed E-state index contributed by atoms with van der Waals surface area (Å²) in [6, 6.07) is 0. The number of hydrogen-bond acceptors (Lipinski definition) is 5. The average molecular weight is 232 g/mol. The van der Waals surface area contributed by atoms with Gasteiger partial charge in [0.1, 0.15) is 0 Å². The SMILES string of the molecule is COCCCNC(=O)CN1C[C@@H](O)[C@@H](O)C1. The van der Waals surface area contributed by atoms with Crippen molar-refractivity contribution in [2.24, 2.45) is 0 Å². The molecule has 1 amide bonds. The fraction of sp³-hybridized carbons (Fsp3) is 0.900. The van der Waals surface area contributed by atoms with Crippen LogP contribution in [0.3, 0.4) is 0 Å². The van der Waals surface area contributed by atoms with Crippen molar-refractivity contribution in [2.45, 2.75) is 18.6 Å². The second kappa shape index (κ2) is 6.80. The largest absolute Gasteiger partial charge is 0.389 e. The third-order valence-corrected chi connectivity index (χ3v) is 2.55. The molecule has 0 unspecified atom stereocenters. The van der Waals surface area contributed by atoms with Gasteiger partial charge in [0.05, 0.1) is 18.8 Å². The second-order valence-electron chi connectivity index (χ2n) is 4.03. The van der Waals surface area contributed by atoms with E-state index in [1.807, 2.05) is 0 Å². The lowest BCUT2D eigenvalue weighted by atomic mass is 10.3. The summed E-state index contributed by atoms with van der Waals surface area (Å²) in [5, 5.41) is 21.3. The standard InChI is InChI=1S/C10H20N2O4/c1-16-4-2-3-11-10(15)7-12-5-8(13)9(14)6-12/h8-9,13-14H,2-7H2,1H3,(H,11,15)/t8-,9+. The van der Waals surface area contributed by atoms with E-state index in [2.05, 4.69) is 5.32 Å². The van der Waals surface area contributed by atoms with Crippen LogP contribution in [0.25, 0.3) is 0 Å². The maximum atomic E-state index is 11.4. The van der Waals surface area contributed by atoms with E-state index < -0.39 is 12.2 Å². The van der Waals surface area contributed by atoms with E-state index in [1.54, 1.807) is 12.0 Å². The number of rotatable bonds is 6. The van der Waals surface area contributed by atoms with Gasteiger partial charge in [-0.3, -0.25) is 9.69 Å². The summed E-state index contributed by atoms with van der Waals surface area (Å²) in [5.74, 6) is -0.0857. The highest BCUT2D eigenvalue weighted by Gasteiger charge is 2.30. The molecule has 0 bridgehead atoms. The zero-order valence-corrected chi connectivity index (χ0v) is 9.56. The van der Waals surface area contributed by atoms with Crippen LogP contribution < -0.4 is 5.32 Å². The van der Waals surface area contributed by atoms with Gasteiger partial charge >= 0.3 is 0 Å². The van der Waals surface area contributed by atoms with Gasteiger partial charge in [0.25, 0.3) is 0 Å².